The Morgan fingerprint density at radius 2 is 1.91 bits per heavy atom. The molecule has 0 spiro atoms. The molecule has 0 bridgehead atoms. The first-order valence-corrected chi connectivity index (χ1v) is 7.53. The first-order chi connectivity index (χ1) is 9.71. The number of carbonyl (C=O) groups is 1. The van der Waals surface area contributed by atoms with Crippen LogP contribution in [-0.2, 0) is 4.74 Å². The Morgan fingerprint density at radius 3 is 2.36 bits per heavy atom. The van der Waals surface area contributed by atoms with Crippen molar-refractivity contribution in [3.8, 4) is 0 Å². The predicted molar refractivity (Wildman–Crippen MR) is 78.4 cm³/mol. The van der Waals surface area contributed by atoms with Crippen LogP contribution in [0.1, 0.15) is 53.9 Å². The van der Waals surface area contributed by atoms with E-state index in [1.807, 2.05) is 13.8 Å². The second-order valence-electron chi connectivity index (χ2n) is 7.85. The van der Waals surface area contributed by atoms with E-state index in [2.05, 4.69) is 0 Å². The maximum absolute atomic E-state index is 12.7. The summed E-state index contributed by atoms with van der Waals surface area (Å²) in [5.74, 6) is 0. The number of ether oxygens (including phenoxy) is 1. The summed E-state index contributed by atoms with van der Waals surface area (Å²) in [4.78, 5) is 13.7. The molecule has 1 amide bonds. The Hall–Kier alpha value is -0.980. The highest BCUT2D eigenvalue weighted by Gasteiger charge is 2.43. The summed E-state index contributed by atoms with van der Waals surface area (Å²) in [5, 5.41) is 0. The zero-order chi connectivity index (χ0) is 17.3. The Kier molecular flexibility index (Phi) is 5.42. The molecule has 0 saturated carbocycles. The molecule has 1 aliphatic rings. The predicted octanol–water partition coefficient (Wildman–Crippen LogP) is 3.69. The van der Waals surface area contributed by atoms with Crippen LogP contribution in [0.2, 0.25) is 0 Å². The molecule has 2 unspecified atom stereocenters. The fourth-order valence-corrected chi connectivity index (χ4v) is 2.59. The van der Waals surface area contributed by atoms with Crippen LogP contribution in [-0.4, -0.2) is 41.4 Å². The molecule has 4 nitrogen and oxygen atoms in total. The minimum absolute atomic E-state index is 0.143. The van der Waals surface area contributed by atoms with E-state index in [9.17, 15) is 18.0 Å². The first-order valence-electron chi connectivity index (χ1n) is 7.53. The lowest BCUT2D eigenvalue weighted by atomic mass is 9.80. The summed E-state index contributed by atoms with van der Waals surface area (Å²) >= 11 is 0. The Morgan fingerprint density at radius 1 is 1.36 bits per heavy atom. The largest absolute Gasteiger partial charge is 0.444 e. The summed E-state index contributed by atoms with van der Waals surface area (Å²) in [6.07, 6.45) is -4.07. The molecule has 22 heavy (non-hydrogen) atoms. The van der Waals surface area contributed by atoms with Gasteiger partial charge in [0, 0.05) is 12.6 Å². The lowest BCUT2D eigenvalue weighted by Gasteiger charge is -2.44. The van der Waals surface area contributed by atoms with Gasteiger partial charge in [0.1, 0.15) is 11.6 Å². The summed E-state index contributed by atoms with van der Waals surface area (Å²) in [5.41, 5.74) is 4.41. The van der Waals surface area contributed by atoms with E-state index in [1.165, 1.54) is 4.90 Å². The average molecular weight is 324 g/mol. The molecule has 0 radical (unpaired) electrons. The van der Waals surface area contributed by atoms with Crippen molar-refractivity contribution in [1.82, 2.24) is 4.90 Å². The van der Waals surface area contributed by atoms with Gasteiger partial charge in [-0.2, -0.15) is 13.2 Å². The van der Waals surface area contributed by atoms with Gasteiger partial charge in [-0.1, -0.05) is 13.8 Å². The number of hydrogen-bond acceptors (Lipinski definition) is 3. The highest BCUT2D eigenvalue weighted by atomic mass is 19.4. The molecule has 1 heterocycles. The van der Waals surface area contributed by atoms with Crippen molar-refractivity contribution >= 4 is 6.09 Å². The van der Waals surface area contributed by atoms with E-state index in [0.717, 1.165) is 6.42 Å². The molecule has 1 fully saturated rings. The smallest absolute Gasteiger partial charge is 0.410 e. The number of rotatable bonds is 2. The van der Waals surface area contributed by atoms with E-state index < -0.39 is 30.0 Å². The van der Waals surface area contributed by atoms with Gasteiger partial charge in [-0.25, -0.2) is 4.79 Å². The standard InChI is InChI=1S/C15H27F3N2O2/c1-13(2,3)22-12(21)20-9-14(4,5)7-6-10(20)8-11(19)15(16,17)18/h10-11H,6-9,19H2,1-5H3. The van der Waals surface area contributed by atoms with E-state index in [0.29, 0.717) is 13.0 Å². The van der Waals surface area contributed by atoms with Crippen LogP contribution in [0, 0.1) is 5.41 Å². The van der Waals surface area contributed by atoms with Crippen LogP contribution >= 0.6 is 0 Å². The third-order valence-electron chi connectivity index (χ3n) is 3.77. The minimum Gasteiger partial charge on any atom is -0.444 e. The molecule has 7 heteroatoms. The van der Waals surface area contributed by atoms with Crippen LogP contribution in [0.25, 0.3) is 0 Å². The van der Waals surface area contributed by atoms with Gasteiger partial charge in [0.25, 0.3) is 0 Å². The van der Waals surface area contributed by atoms with Gasteiger partial charge < -0.3 is 15.4 Å². The number of likely N-dealkylation sites (tertiary alicyclic amines) is 1. The van der Waals surface area contributed by atoms with Gasteiger partial charge >= 0.3 is 12.3 Å². The maximum Gasteiger partial charge on any atom is 0.410 e. The second-order valence-corrected chi connectivity index (χ2v) is 7.85. The van der Waals surface area contributed by atoms with Crippen LogP contribution in [0.15, 0.2) is 0 Å². The van der Waals surface area contributed by atoms with Gasteiger partial charge in [0.15, 0.2) is 0 Å². The van der Waals surface area contributed by atoms with Gasteiger partial charge in [0.05, 0.1) is 0 Å². The number of hydrogen-bond donors (Lipinski definition) is 1. The highest BCUT2D eigenvalue weighted by molar-refractivity contribution is 5.68. The van der Waals surface area contributed by atoms with Crippen LogP contribution in [0.4, 0.5) is 18.0 Å². The van der Waals surface area contributed by atoms with Crippen molar-refractivity contribution in [3.63, 3.8) is 0 Å². The van der Waals surface area contributed by atoms with Crippen molar-refractivity contribution in [2.75, 3.05) is 6.54 Å². The summed E-state index contributed by atoms with van der Waals surface area (Å²) < 4.78 is 43.4. The topological polar surface area (TPSA) is 55.6 Å². The molecule has 130 valence electrons. The lowest BCUT2D eigenvalue weighted by Crippen LogP contribution is -2.54. The molecular formula is C15H27F3N2O2. The summed E-state index contributed by atoms with van der Waals surface area (Å²) in [6.45, 7) is 9.55. The SMILES string of the molecule is CC1(C)CCC(CC(N)C(F)(F)F)N(C(=O)OC(C)(C)C)C1. The van der Waals surface area contributed by atoms with E-state index in [-0.39, 0.29) is 11.8 Å². The number of piperidine rings is 1. The zero-order valence-electron chi connectivity index (χ0n) is 14.0. The molecule has 1 rings (SSSR count). The Bertz CT molecular complexity index is 403. The molecule has 0 aliphatic carbocycles. The molecule has 0 aromatic heterocycles. The number of alkyl halides is 3. The number of nitrogens with two attached hydrogens (primary N) is 1. The lowest BCUT2D eigenvalue weighted by molar-refractivity contribution is -0.153. The van der Waals surface area contributed by atoms with Gasteiger partial charge in [0.2, 0.25) is 0 Å². The molecule has 0 aromatic rings. The van der Waals surface area contributed by atoms with Crippen molar-refractivity contribution in [3.05, 3.63) is 0 Å². The average Bonchev–Trinajstić information content (AvgIpc) is 2.27. The second kappa shape index (κ2) is 6.26. The van der Waals surface area contributed by atoms with E-state index in [4.69, 9.17) is 10.5 Å². The summed E-state index contributed by atoms with van der Waals surface area (Å²) in [7, 11) is 0. The van der Waals surface area contributed by atoms with Crippen molar-refractivity contribution < 1.29 is 22.7 Å². The molecule has 2 N–H and O–H groups in total. The monoisotopic (exact) mass is 324 g/mol. The number of halogens is 3. The van der Waals surface area contributed by atoms with E-state index in [1.54, 1.807) is 20.8 Å². The number of nitrogens with zero attached hydrogens (tertiary/aromatic N) is 1. The minimum atomic E-state index is -4.45. The van der Waals surface area contributed by atoms with E-state index >= 15 is 0 Å². The molecular weight excluding hydrogens is 297 g/mol. The third kappa shape index (κ3) is 5.66. The van der Waals surface area contributed by atoms with Gasteiger partial charge in [-0.05, 0) is 45.4 Å². The summed E-state index contributed by atoms with van der Waals surface area (Å²) in [6, 6.07) is -2.47. The fraction of sp³-hybridized carbons (Fsp3) is 0.933. The van der Waals surface area contributed by atoms with Crippen LogP contribution in [0.5, 0.6) is 0 Å². The number of carbonyl (C=O) groups excluding carboxylic acids is 1. The van der Waals surface area contributed by atoms with Crippen LogP contribution in [0.3, 0.4) is 0 Å². The van der Waals surface area contributed by atoms with Crippen molar-refractivity contribution in [2.24, 2.45) is 11.1 Å². The van der Waals surface area contributed by atoms with Crippen LogP contribution < -0.4 is 5.73 Å². The van der Waals surface area contributed by atoms with Gasteiger partial charge in [-0.15, -0.1) is 0 Å². The Balaban J connectivity index is 2.86. The normalized spacial score (nSPS) is 24.0. The highest BCUT2D eigenvalue weighted by Crippen LogP contribution is 2.35. The van der Waals surface area contributed by atoms with Crippen molar-refractivity contribution in [1.29, 1.82) is 0 Å². The maximum atomic E-state index is 12.7. The van der Waals surface area contributed by atoms with Gasteiger partial charge in [-0.3, -0.25) is 0 Å². The zero-order valence-corrected chi connectivity index (χ0v) is 14.0. The first kappa shape index (κ1) is 19.1. The number of amides is 1. The quantitative estimate of drug-likeness (QED) is 0.843. The Labute approximate surface area is 130 Å². The van der Waals surface area contributed by atoms with Crippen molar-refractivity contribution in [2.45, 2.75) is 77.7 Å². The molecule has 2 atom stereocenters. The molecule has 1 saturated heterocycles. The fourth-order valence-electron chi connectivity index (χ4n) is 2.59. The molecule has 0 aromatic carbocycles. The third-order valence-corrected chi connectivity index (χ3v) is 3.77. The molecule has 1 aliphatic heterocycles.